The normalized spacial score (nSPS) is 12.6. The van der Waals surface area contributed by atoms with E-state index >= 15 is 0 Å². The molecule has 1 heterocycles. The van der Waals surface area contributed by atoms with Crippen LogP contribution in [0.1, 0.15) is 29.9 Å². The lowest BCUT2D eigenvalue weighted by molar-refractivity contribution is 0.518. The molecule has 108 valence electrons. The Morgan fingerprint density at radius 3 is 2.80 bits per heavy atom. The molecule has 0 saturated carbocycles. The molecule has 1 aromatic carbocycles. The summed E-state index contributed by atoms with van der Waals surface area (Å²) in [5.41, 5.74) is 12.8. The number of aromatic nitrogens is 2. The zero-order valence-corrected chi connectivity index (χ0v) is 13.3. The Morgan fingerprint density at radius 2 is 2.15 bits per heavy atom. The highest BCUT2D eigenvalue weighted by Gasteiger charge is 2.16. The van der Waals surface area contributed by atoms with E-state index in [9.17, 15) is 0 Å². The Morgan fingerprint density at radius 1 is 1.40 bits per heavy atom. The van der Waals surface area contributed by atoms with Crippen LogP contribution in [0.25, 0.3) is 0 Å². The minimum Gasteiger partial charge on any atom is -0.398 e. The van der Waals surface area contributed by atoms with Crippen LogP contribution < -0.4 is 17.0 Å². The van der Waals surface area contributed by atoms with Gasteiger partial charge in [0.25, 0.3) is 0 Å². The summed E-state index contributed by atoms with van der Waals surface area (Å²) < 4.78 is 2.98. The fourth-order valence-electron chi connectivity index (χ4n) is 2.35. The van der Waals surface area contributed by atoms with Gasteiger partial charge in [-0.15, -0.1) is 0 Å². The molecular formula is C14H20BrN5. The average Bonchev–Trinajstić information content (AvgIpc) is 2.79. The first-order valence-electron chi connectivity index (χ1n) is 6.59. The molecule has 0 aliphatic heterocycles. The van der Waals surface area contributed by atoms with Crippen LogP contribution in [0.15, 0.2) is 28.7 Å². The Balaban J connectivity index is 2.30. The maximum atomic E-state index is 6.06. The number of hydrogen-bond acceptors (Lipinski definition) is 4. The van der Waals surface area contributed by atoms with Crippen LogP contribution in [0.5, 0.6) is 0 Å². The third-order valence-corrected chi connectivity index (χ3v) is 3.82. The summed E-state index contributed by atoms with van der Waals surface area (Å²) in [6.45, 7) is 4.91. The minimum absolute atomic E-state index is 0.0473. The quantitative estimate of drug-likeness (QED) is 0.444. The molecule has 1 atom stereocenters. The number of nitrogen functional groups attached to an aromatic ring is 1. The molecule has 0 amide bonds. The number of nitrogens with zero attached hydrogens (tertiary/aromatic N) is 2. The lowest BCUT2D eigenvalue weighted by Crippen LogP contribution is -2.30. The van der Waals surface area contributed by atoms with Gasteiger partial charge in [0.05, 0.1) is 11.7 Å². The van der Waals surface area contributed by atoms with Gasteiger partial charge in [0.1, 0.15) is 0 Å². The predicted molar refractivity (Wildman–Crippen MR) is 85.0 cm³/mol. The second-order valence-electron chi connectivity index (χ2n) is 4.79. The van der Waals surface area contributed by atoms with E-state index in [4.69, 9.17) is 11.6 Å². The Hall–Kier alpha value is -1.37. The lowest BCUT2D eigenvalue weighted by Gasteiger charge is -2.19. The molecule has 2 rings (SSSR count). The molecule has 0 fully saturated rings. The van der Waals surface area contributed by atoms with E-state index in [-0.39, 0.29) is 6.04 Å². The average molecular weight is 338 g/mol. The number of rotatable bonds is 5. The van der Waals surface area contributed by atoms with Crippen molar-refractivity contribution in [2.45, 2.75) is 32.9 Å². The molecule has 20 heavy (non-hydrogen) atoms. The maximum Gasteiger partial charge on any atom is 0.0596 e. The van der Waals surface area contributed by atoms with Crippen molar-refractivity contribution in [3.8, 4) is 0 Å². The number of benzene rings is 1. The first kappa shape index (κ1) is 15.0. The highest BCUT2D eigenvalue weighted by molar-refractivity contribution is 9.10. The monoisotopic (exact) mass is 337 g/mol. The van der Waals surface area contributed by atoms with Crippen LogP contribution in [-0.2, 0) is 13.0 Å². The van der Waals surface area contributed by atoms with Gasteiger partial charge < -0.3 is 5.73 Å². The van der Waals surface area contributed by atoms with Gasteiger partial charge in [-0.05, 0) is 43.7 Å². The molecule has 0 radical (unpaired) electrons. The summed E-state index contributed by atoms with van der Waals surface area (Å²) in [4.78, 5) is 0. The van der Waals surface area contributed by atoms with Crippen LogP contribution >= 0.6 is 15.9 Å². The summed E-state index contributed by atoms with van der Waals surface area (Å²) in [5.74, 6) is 5.72. The second-order valence-corrected chi connectivity index (χ2v) is 5.71. The molecule has 2 aromatic rings. The number of nitrogens with one attached hydrogen (secondary N) is 1. The van der Waals surface area contributed by atoms with Crippen molar-refractivity contribution in [3.05, 3.63) is 45.7 Å². The van der Waals surface area contributed by atoms with Crippen LogP contribution in [0.3, 0.4) is 0 Å². The summed E-state index contributed by atoms with van der Waals surface area (Å²) in [7, 11) is 0. The number of hydrogen-bond donors (Lipinski definition) is 3. The first-order valence-corrected chi connectivity index (χ1v) is 7.38. The molecule has 6 heteroatoms. The Bertz CT molecular complexity index is 593. The number of hydrazine groups is 1. The van der Waals surface area contributed by atoms with Gasteiger partial charge in [-0.1, -0.05) is 15.9 Å². The van der Waals surface area contributed by atoms with Gasteiger partial charge in [-0.2, -0.15) is 5.10 Å². The highest BCUT2D eigenvalue weighted by Crippen LogP contribution is 2.27. The van der Waals surface area contributed by atoms with Gasteiger partial charge in [-0.25, -0.2) is 0 Å². The topological polar surface area (TPSA) is 81.9 Å². The van der Waals surface area contributed by atoms with E-state index < -0.39 is 0 Å². The molecular weight excluding hydrogens is 318 g/mol. The fraction of sp³-hybridized carbons (Fsp3) is 0.357. The molecule has 0 bridgehead atoms. The van der Waals surface area contributed by atoms with Crippen molar-refractivity contribution >= 4 is 21.6 Å². The summed E-state index contributed by atoms with van der Waals surface area (Å²) in [5, 5.41) is 4.46. The summed E-state index contributed by atoms with van der Waals surface area (Å²) in [6, 6.07) is 7.84. The number of aryl methyl sites for hydroxylation is 2. The molecule has 0 spiro atoms. The van der Waals surface area contributed by atoms with Gasteiger partial charge in [0, 0.05) is 28.8 Å². The number of anilines is 1. The minimum atomic E-state index is -0.0473. The number of halogens is 1. The van der Waals surface area contributed by atoms with Crippen LogP contribution in [0, 0.1) is 6.92 Å². The van der Waals surface area contributed by atoms with Crippen LogP contribution in [-0.4, -0.2) is 9.78 Å². The Kier molecular flexibility index (Phi) is 4.80. The predicted octanol–water partition coefficient (Wildman–Crippen LogP) is 2.30. The molecule has 0 aliphatic rings. The van der Waals surface area contributed by atoms with Crippen molar-refractivity contribution in [1.82, 2.24) is 15.2 Å². The summed E-state index contributed by atoms with van der Waals surface area (Å²) in [6.07, 6.45) is 0.742. The van der Waals surface area contributed by atoms with Gasteiger partial charge in [-0.3, -0.25) is 16.0 Å². The van der Waals surface area contributed by atoms with Crippen molar-refractivity contribution in [1.29, 1.82) is 0 Å². The van der Waals surface area contributed by atoms with Gasteiger partial charge in [0.15, 0.2) is 0 Å². The van der Waals surface area contributed by atoms with Crippen molar-refractivity contribution in [3.63, 3.8) is 0 Å². The molecule has 5 nitrogen and oxygen atoms in total. The zero-order chi connectivity index (χ0) is 14.7. The maximum absolute atomic E-state index is 6.06. The second kappa shape index (κ2) is 6.39. The number of nitrogens with two attached hydrogens (primary N) is 2. The van der Waals surface area contributed by atoms with E-state index in [1.54, 1.807) is 0 Å². The molecule has 1 aromatic heterocycles. The van der Waals surface area contributed by atoms with Crippen LogP contribution in [0.4, 0.5) is 5.69 Å². The van der Waals surface area contributed by atoms with Crippen molar-refractivity contribution < 1.29 is 0 Å². The van der Waals surface area contributed by atoms with Crippen molar-refractivity contribution in [2.24, 2.45) is 5.84 Å². The summed E-state index contributed by atoms with van der Waals surface area (Å²) >= 11 is 3.47. The molecule has 0 saturated heterocycles. The standard InChI is InChI=1S/C14H20BrN5/c1-3-20-11(6-9(2)19-20)8-14(18-17)12-7-10(15)4-5-13(12)16/h4-7,14,18H,3,8,16-17H2,1-2H3. The highest BCUT2D eigenvalue weighted by atomic mass is 79.9. The van der Waals surface area contributed by atoms with E-state index in [2.05, 4.69) is 39.4 Å². The largest absolute Gasteiger partial charge is 0.398 e. The first-order chi connectivity index (χ1) is 9.55. The van der Waals surface area contributed by atoms with E-state index in [1.807, 2.05) is 29.8 Å². The van der Waals surface area contributed by atoms with E-state index in [0.29, 0.717) is 0 Å². The lowest BCUT2D eigenvalue weighted by atomic mass is 10.0. The van der Waals surface area contributed by atoms with Gasteiger partial charge >= 0.3 is 0 Å². The third kappa shape index (κ3) is 3.20. The van der Waals surface area contributed by atoms with Crippen LogP contribution in [0.2, 0.25) is 0 Å². The van der Waals surface area contributed by atoms with E-state index in [0.717, 1.165) is 40.1 Å². The zero-order valence-electron chi connectivity index (χ0n) is 11.7. The van der Waals surface area contributed by atoms with E-state index in [1.165, 1.54) is 0 Å². The molecule has 5 N–H and O–H groups in total. The Labute approximate surface area is 127 Å². The SMILES string of the molecule is CCn1nc(C)cc1CC(NN)c1cc(Br)ccc1N. The smallest absolute Gasteiger partial charge is 0.0596 e. The van der Waals surface area contributed by atoms with Gasteiger partial charge in [0.2, 0.25) is 0 Å². The molecule has 1 unspecified atom stereocenters. The van der Waals surface area contributed by atoms with Crippen molar-refractivity contribution in [2.75, 3.05) is 5.73 Å². The molecule has 0 aliphatic carbocycles. The fourth-order valence-corrected chi connectivity index (χ4v) is 2.73. The third-order valence-electron chi connectivity index (χ3n) is 3.32.